The Bertz CT molecular complexity index is 553. The van der Waals surface area contributed by atoms with Crippen LogP contribution < -0.4 is 10.1 Å². The average molecular weight is 244 g/mol. The number of fused-ring (bicyclic) bond motifs is 1. The number of aryl methyl sites for hydroxylation is 1. The number of para-hydroxylation sites is 1. The molecular formula is C15H20N2O. The molecule has 96 valence electrons. The van der Waals surface area contributed by atoms with Gasteiger partial charge in [-0.2, -0.15) is 0 Å². The second kappa shape index (κ2) is 4.65. The van der Waals surface area contributed by atoms with E-state index in [4.69, 9.17) is 4.74 Å². The summed E-state index contributed by atoms with van der Waals surface area (Å²) < 4.78 is 5.43. The summed E-state index contributed by atoms with van der Waals surface area (Å²) in [5.74, 6) is 0.928. The molecule has 1 aliphatic heterocycles. The molecule has 18 heavy (non-hydrogen) atoms. The summed E-state index contributed by atoms with van der Waals surface area (Å²) in [6, 6.07) is 6.70. The number of aromatic nitrogens is 1. The van der Waals surface area contributed by atoms with E-state index in [0.29, 0.717) is 6.04 Å². The Hall–Kier alpha value is -1.48. The Morgan fingerprint density at radius 1 is 1.28 bits per heavy atom. The van der Waals surface area contributed by atoms with Gasteiger partial charge < -0.3 is 15.0 Å². The van der Waals surface area contributed by atoms with Gasteiger partial charge in [0.05, 0.1) is 12.6 Å². The highest BCUT2D eigenvalue weighted by Gasteiger charge is 2.20. The molecule has 1 fully saturated rings. The molecule has 1 aliphatic rings. The van der Waals surface area contributed by atoms with Gasteiger partial charge in [0, 0.05) is 17.1 Å². The highest BCUT2D eigenvalue weighted by molar-refractivity contribution is 5.89. The van der Waals surface area contributed by atoms with Crippen molar-refractivity contribution in [3.63, 3.8) is 0 Å². The van der Waals surface area contributed by atoms with E-state index in [-0.39, 0.29) is 0 Å². The third kappa shape index (κ3) is 1.79. The van der Waals surface area contributed by atoms with Gasteiger partial charge in [0.15, 0.2) is 0 Å². The van der Waals surface area contributed by atoms with Gasteiger partial charge in [0.1, 0.15) is 5.75 Å². The van der Waals surface area contributed by atoms with E-state index in [1.54, 1.807) is 7.11 Å². The maximum absolute atomic E-state index is 5.43. The Morgan fingerprint density at radius 3 is 2.89 bits per heavy atom. The molecule has 1 unspecified atom stereocenters. The van der Waals surface area contributed by atoms with E-state index in [1.807, 2.05) is 6.07 Å². The number of H-pyrrole nitrogens is 1. The Balaban J connectivity index is 2.09. The number of hydrogen-bond acceptors (Lipinski definition) is 2. The van der Waals surface area contributed by atoms with Gasteiger partial charge in [-0.1, -0.05) is 18.6 Å². The van der Waals surface area contributed by atoms with Crippen molar-refractivity contribution in [1.82, 2.24) is 10.3 Å². The lowest BCUT2D eigenvalue weighted by atomic mass is 9.99. The minimum absolute atomic E-state index is 0.468. The van der Waals surface area contributed by atoms with Crippen molar-refractivity contribution in [3.05, 3.63) is 29.5 Å². The molecular weight excluding hydrogens is 224 g/mol. The van der Waals surface area contributed by atoms with Crippen LogP contribution in [0.25, 0.3) is 10.9 Å². The van der Waals surface area contributed by atoms with Crippen molar-refractivity contribution in [2.24, 2.45) is 0 Å². The van der Waals surface area contributed by atoms with Gasteiger partial charge >= 0.3 is 0 Å². The highest BCUT2D eigenvalue weighted by atomic mass is 16.5. The van der Waals surface area contributed by atoms with Crippen LogP contribution in [-0.4, -0.2) is 18.6 Å². The van der Waals surface area contributed by atoms with E-state index < -0.39 is 0 Å². The molecule has 3 heteroatoms. The van der Waals surface area contributed by atoms with Gasteiger partial charge in [0.2, 0.25) is 0 Å². The number of hydrogen-bond donors (Lipinski definition) is 2. The summed E-state index contributed by atoms with van der Waals surface area (Å²) in [4.78, 5) is 3.57. The largest absolute Gasteiger partial charge is 0.495 e. The van der Waals surface area contributed by atoms with Gasteiger partial charge in [0.25, 0.3) is 0 Å². The summed E-state index contributed by atoms with van der Waals surface area (Å²) in [6.07, 6.45) is 3.82. The number of nitrogens with one attached hydrogen (secondary N) is 2. The predicted octanol–water partition coefficient (Wildman–Crippen LogP) is 3.30. The molecule has 1 aromatic heterocycles. The van der Waals surface area contributed by atoms with Crippen LogP contribution >= 0.6 is 0 Å². The molecule has 0 radical (unpaired) electrons. The molecule has 1 aromatic carbocycles. The molecule has 0 spiro atoms. The Labute approximate surface area is 108 Å². The summed E-state index contributed by atoms with van der Waals surface area (Å²) >= 11 is 0. The minimum atomic E-state index is 0.468. The minimum Gasteiger partial charge on any atom is -0.495 e. The standard InChI is InChI=1S/C15H20N2O/c1-10-11-6-5-8-13(18-2)15(11)17-14(10)12-7-3-4-9-16-12/h5-6,8,12,16-17H,3-4,7,9H2,1-2H3. The lowest BCUT2D eigenvalue weighted by Crippen LogP contribution is -2.27. The van der Waals surface area contributed by atoms with Crippen LogP contribution in [0.4, 0.5) is 0 Å². The van der Waals surface area contributed by atoms with Crippen LogP contribution in [-0.2, 0) is 0 Å². The van der Waals surface area contributed by atoms with E-state index in [9.17, 15) is 0 Å². The maximum atomic E-state index is 5.43. The zero-order chi connectivity index (χ0) is 12.5. The molecule has 1 atom stereocenters. The van der Waals surface area contributed by atoms with Gasteiger partial charge in [-0.15, -0.1) is 0 Å². The smallest absolute Gasteiger partial charge is 0.142 e. The predicted molar refractivity (Wildman–Crippen MR) is 74.2 cm³/mol. The number of rotatable bonds is 2. The van der Waals surface area contributed by atoms with E-state index >= 15 is 0 Å². The quantitative estimate of drug-likeness (QED) is 0.850. The summed E-state index contributed by atoms with van der Waals surface area (Å²) in [5, 5.41) is 4.88. The van der Waals surface area contributed by atoms with Crippen LogP contribution in [0.2, 0.25) is 0 Å². The van der Waals surface area contributed by atoms with Crippen molar-refractivity contribution >= 4 is 10.9 Å². The summed E-state index contributed by atoms with van der Waals surface area (Å²) in [7, 11) is 1.73. The van der Waals surface area contributed by atoms with Crippen LogP contribution in [0.3, 0.4) is 0 Å². The molecule has 3 nitrogen and oxygen atoms in total. The summed E-state index contributed by atoms with van der Waals surface area (Å²) in [5.41, 5.74) is 3.80. The van der Waals surface area contributed by atoms with Crippen molar-refractivity contribution < 1.29 is 4.74 Å². The summed E-state index contributed by atoms with van der Waals surface area (Å²) in [6.45, 7) is 3.32. The van der Waals surface area contributed by atoms with Crippen LogP contribution in [0, 0.1) is 6.92 Å². The fourth-order valence-corrected chi connectivity index (χ4v) is 2.96. The van der Waals surface area contributed by atoms with Crippen LogP contribution in [0.5, 0.6) is 5.75 Å². The monoisotopic (exact) mass is 244 g/mol. The van der Waals surface area contributed by atoms with Gasteiger partial charge in [-0.3, -0.25) is 0 Å². The number of aromatic amines is 1. The first-order valence-electron chi connectivity index (χ1n) is 6.70. The molecule has 3 rings (SSSR count). The number of benzene rings is 1. The molecule has 0 saturated carbocycles. The zero-order valence-electron chi connectivity index (χ0n) is 11.0. The SMILES string of the molecule is COc1cccc2c(C)c(C3CCCCN3)[nH]c12. The first kappa shape index (κ1) is 11.6. The third-order valence-electron chi connectivity index (χ3n) is 3.97. The second-order valence-corrected chi connectivity index (χ2v) is 5.05. The van der Waals surface area contributed by atoms with E-state index in [0.717, 1.165) is 17.8 Å². The van der Waals surface area contributed by atoms with Gasteiger partial charge in [-0.05, 0) is 37.9 Å². The average Bonchev–Trinajstić information content (AvgIpc) is 2.77. The normalized spacial score (nSPS) is 20.2. The molecule has 1 saturated heterocycles. The fourth-order valence-electron chi connectivity index (χ4n) is 2.96. The highest BCUT2D eigenvalue weighted by Crippen LogP contribution is 2.33. The fraction of sp³-hybridized carbons (Fsp3) is 0.467. The number of methoxy groups -OCH3 is 1. The number of ether oxygens (including phenoxy) is 1. The topological polar surface area (TPSA) is 37.0 Å². The molecule has 2 heterocycles. The second-order valence-electron chi connectivity index (χ2n) is 5.05. The Morgan fingerprint density at radius 2 is 2.17 bits per heavy atom. The van der Waals surface area contributed by atoms with Crippen molar-refractivity contribution in [1.29, 1.82) is 0 Å². The van der Waals surface area contributed by atoms with Gasteiger partial charge in [-0.25, -0.2) is 0 Å². The number of piperidine rings is 1. The van der Waals surface area contributed by atoms with Crippen molar-refractivity contribution in [2.75, 3.05) is 13.7 Å². The molecule has 0 amide bonds. The first-order chi connectivity index (χ1) is 8.81. The van der Waals surface area contributed by atoms with Crippen molar-refractivity contribution in [3.8, 4) is 5.75 Å². The van der Waals surface area contributed by atoms with Crippen LogP contribution in [0.15, 0.2) is 18.2 Å². The molecule has 2 aromatic rings. The maximum Gasteiger partial charge on any atom is 0.142 e. The van der Waals surface area contributed by atoms with Crippen molar-refractivity contribution in [2.45, 2.75) is 32.2 Å². The molecule has 0 bridgehead atoms. The van der Waals surface area contributed by atoms with Crippen LogP contribution in [0.1, 0.15) is 36.6 Å². The molecule has 2 N–H and O–H groups in total. The zero-order valence-corrected chi connectivity index (χ0v) is 11.0. The lowest BCUT2D eigenvalue weighted by Gasteiger charge is -2.23. The molecule has 0 aliphatic carbocycles. The lowest BCUT2D eigenvalue weighted by molar-refractivity contribution is 0.404. The van der Waals surface area contributed by atoms with E-state index in [1.165, 1.54) is 35.9 Å². The first-order valence-corrected chi connectivity index (χ1v) is 6.70. The van der Waals surface area contributed by atoms with E-state index in [2.05, 4.69) is 29.4 Å². The Kier molecular flexibility index (Phi) is 3.00. The third-order valence-corrected chi connectivity index (χ3v) is 3.97.